The molecule has 144 valence electrons. The first-order chi connectivity index (χ1) is 13.5. The van der Waals surface area contributed by atoms with E-state index in [0.29, 0.717) is 23.4 Å². The average Bonchev–Trinajstić information content (AvgIpc) is 2.72. The van der Waals surface area contributed by atoms with E-state index in [-0.39, 0.29) is 6.61 Å². The lowest BCUT2D eigenvalue weighted by atomic mass is 10.0. The summed E-state index contributed by atoms with van der Waals surface area (Å²) in [6.45, 7) is 2.10. The van der Waals surface area contributed by atoms with Gasteiger partial charge in [0.25, 0.3) is 0 Å². The smallest absolute Gasteiger partial charge is 0.340 e. The van der Waals surface area contributed by atoms with Crippen LogP contribution in [-0.2, 0) is 27.4 Å². The number of para-hydroxylation sites is 1. The van der Waals surface area contributed by atoms with Gasteiger partial charge in [-0.25, -0.2) is 14.6 Å². The number of pyridine rings is 1. The molecule has 6 nitrogen and oxygen atoms in total. The molecule has 0 saturated carbocycles. The van der Waals surface area contributed by atoms with Crippen molar-refractivity contribution >= 4 is 22.8 Å². The SMILES string of the molecule is COCc1cccc(C(=O)OCc2nc3ccccc3c(C)c2C(=O)OC)c1. The number of hydrogen-bond acceptors (Lipinski definition) is 6. The second-order valence-corrected chi connectivity index (χ2v) is 6.28. The number of benzene rings is 2. The first kappa shape index (κ1) is 19.5. The van der Waals surface area contributed by atoms with Crippen LogP contribution in [0.15, 0.2) is 48.5 Å². The van der Waals surface area contributed by atoms with Gasteiger partial charge in [-0.2, -0.15) is 0 Å². The average molecular weight is 379 g/mol. The van der Waals surface area contributed by atoms with Crippen LogP contribution in [0.25, 0.3) is 10.9 Å². The van der Waals surface area contributed by atoms with Gasteiger partial charge in [0.15, 0.2) is 0 Å². The Morgan fingerprint density at radius 2 is 1.75 bits per heavy atom. The van der Waals surface area contributed by atoms with E-state index in [9.17, 15) is 9.59 Å². The molecule has 0 atom stereocenters. The molecular weight excluding hydrogens is 358 g/mol. The number of hydrogen-bond donors (Lipinski definition) is 0. The van der Waals surface area contributed by atoms with E-state index in [0.717, 1.165) is 22.0 Å². The molecule has 28 heavy (non-hydrogen) atoms. The van der Waals surface area contributed by atoms with Gasteiger partial charge in [-0.1, -0.05) is 30.3 Å². The van der Waals surface area contributed by atoms with E-state index in [1.165, 1.54) is 7.11 Å². The first-order valence-corrected chi connectivity index (χ1v) is 8.76. The number of aromatic nitrogens is 1. The summed E-state index contributed by atoms with van der Waals surface area (Å²) in [7, 11) is 2.90. The maximum Gasteiger partial charge on any atom is 0.340 e. The third-order valence-electron chi connectivity index (χ3n) is 4.43. The van der Waals surface area contributed by atoms with Crippen molar-refractivity contribution in [3.05, 3.63) is 76.5 Å². The Labute approximate surface area is 163 Å². The molecule has 0 radical (unpaired) electrons. The Bertz CT molecular complexity index is 1030. The summed E-state index contributed by atoms with van der Waals surface area (Å²) in [5.74, 6) is -1.01. The van der Waals surface area contributed by atoms with E-state index in [1.54, 1.807) is 25.3 Å². The predicted molar refractivity (Wildman–Crippen MR) is 104 cm³/mol. The molecule has 3 aromatic rings. The summed E-state index contributed by atoms with van der Waals surface area (Å²) in [4.78, 5) is 29.3. The maximum absolute atomic E-state index is 12.5. The third kappa shape index (κ3) is 4.02. The molecule has 0 unspecified atom stereocenters. The summed E-state index contributed by atoms with van der Waals surface area (Å²) in [5, 5.41) is 0.852. The van der Waals surface area contributed by atoms with Gasteiger partial charge in [0.05, 0.1) is 36.1 Å². The predicted octanol–water partition coefficient (Wildman–Crippen LogP) is 3.83. The van der Waals surface area contributed by atoms with Crippen molar-refractivity contribution in [2.24, 2.45) is 0 Å². The molecule has 2 aromatic carbocycles. The van der Waals surface area contributed by atoms with Gasteiger partial charge < -0.3 is 14.2 Å². The number of carbonyl (C=O) groups excluding carboxylic acids is 2. The zero-order valence-electron chi connectivity index (χ0n) is 16.0. The number of methoxy groups -OCH3 is 2. The highest BCUT2D eigenvalue weighted by Crippen LogP contribution is 2.24. The van der Waals surface area contributed by atoms with Crippen LogP contribution in [0.4, 0.5) is 0 Å². The van der Waals surface area contributed by atoms with Crippen molar-refractivity contribution in [1.82, 2.24) is 4.98 Å². The fraction of sp³-hybridized carbons (Fsp3) is 0.227. The minimum absolute atomic E-state index is 0.135. The lowest BCUT2D eigenvalue weighted by molar-refractivity contribution is 0.0455. The quantitative estimate of drug-likeness (QED) is 0.606. The summed E-state index contributed by atoms with van der Waals surface area (Å²) in [5.41, 5.74) is 3.43. The molecule has 1 heterocycles. The number of aryl methyl sites for hydroxylation is 1. The van der Waals surface area contributed by atoms with E-state index in [1.807, 2.05) is 37.3 Å². The first-order valence-electron chi connectivity index (χ1n) is 8.76. The third-order valence-corrected chi connectivity index (χ3v) is 4.43. The number of ether oxygens (including phenoxy) is 3. The zero-order chi connectivity index (χ0) is 20.1. The molecule has 1 aromatic heterocycles. The highest BCUT2D eigenvalue weighted by atomic mass is 16.5. The maximum atomic E-state index is 12.5. The van der Waals surface area contributed by atoms with Gasteiger partial charge in [-0.15, -0.1) is 0 Å². The highest BCUT2D eigenvalue weighted by Gasteiger charge is 2.20. The summed E-state index contributed by atoms with van der Waals surface area (Å²) in [6, 6.07) is 14.5. The van der Waals surface area contributed by atoms with Gasteiger partial charge >= 0.3 is 11.9 Å². The lowest BCUT2D eigenvalue weighted by Crippen LogP contribution is -2.14. The van der Waals surface area contributed by atoms with Crippen molar-refractivity contribution in [3.63, 3.8) is 0 Å². The molecule has 3 rings (SSSR count). The van der Waals surface area contributed by atoms with Crippen LogP contribution < -0.4 is 0 Å². The summed E-state index contributed by atoms with van der Waals surface area (Å²) < 4.78 is 15.4. The van der Waals surface area contributed by atoms with Crippen LogP contribution in [0, 0.1) is 6.92 Å². The topological polar surface area (TPSA) is 74.7 Å². The molecule has 0 bridgehead atoms. The van der Waals surface area contributed by atoms with Crippen LogP contribution in [0.3, 0.4) is 0 Å². The molecule has 0 aliphatic heterocycles. The molecule has 6 heteroatoms. The van der Waals surface area contributed by atoms with E-state index < -0.39 is 11.9 Å². The summed E-state index contributed by atoms with van der Waals surface area (Å²) >= 11 is 0. The van der Waals surface area contributed by atoms with Gasteiger partial charge in [-0.05, 0) is 36.2 Å². The van der Waals surface area contributed by atoms with Gasteiger partial charge in [-0.3, -0.25) is 0 Å². The molecule has 0 spiro atoms. The van der Waals surface area contributed by atoms with Crippen LogP contribution in [0.1, 0.15) is 37.5 Å². The van der Waals surface area contributed by atoms with Gasteiger partial charge in [0.2, 0.25) is 0 Å². The fourth-order valence-corrected chi connectivity index (χ4v) is 3.09. The monoisotopic (exact) mass is 379 g/mol. The number of carbonyl (C=O) groups is 2. The molecule has 0 aliphatic carbocycles. The van der Waals surface area contributed by atoms with Gasteiger partial charge in [0.1, 0.15) is 6.61 Å². The Hall–Kier alpha value is -3.25. The number of esters is 2. The minimum Gasteiger partial charge on any atom is -0.465 e. The second kappa shape index (κ2) is 8.63. The van der Waals surface area contributed by atoms with Gasteiger partial charge in [0, 0.05) is 12.5 Å². The molecule has 0 N–H and O–H groups in total. The Kier molecular flexibility index (Phi) is 6.01. The van der Waals surface area contributed by atoms with E-state index >= 15 is 0 Å². The minimum atomic E-state index is -0.510. The van der Waals surface area contributed by atoms with E-state index in [4.69, 9.17) is 14.2 Å². The van der Waals surface area contributed by atoms with Crippen molar-refractivity contribution in [3.8, 4) is 0 Å². The standard InChI is InChI=1S/C22H21NO5/c1-14-17-9-4-5-10-18(17)23-19(20(14)22(25)27-3)13-28-21(24)16-8-6-7-15(11-16)12-26-2/h4-11H,12-13H2,1-3H3. The number of nitrogens with zero attached hydrogens (tertiary/aromatic N) is 1. The highest BCUT2D eigenvalue weighted by molar-refractivity contribution is 5.98. The number of rotatable bonds is 6. The zero-order valence-corrected chi connectivity index (χ0v) is 16.0. The van der Waals surface area contributed by atoms with Crippen LogP contribution >= 0.6 is 0 Å². The Morgan fingerprint density at radius 1 is 0.964 bits per heavy atom. The van der Waals surface area contributed by atoms with Crippen LogP contribution in [0.5, 0.6) is 0 Å². The largest absolute Gasteiger partial charge is 0.465 e. The van der Waals surface area contributed by atoms with Crippen LogP contribution in [0.2, 0.25) is 0 Å². The molecule has 0 saturated heterocycles. The Morgan fingerprint density at radius 3 is 2.50 bits per heavy atom. The summed E-state index contributed by atoms with van der Waals surface area (Å²) in [6.07, 6.45) is 0. The van der Waals surface area contributed by atoms with Crippen LogP contribution in [-0.4, -0.2) is 31.1 Å². The molecule has 0 aliphatic rings. The van der Waals surface area contributed by atoms with Crippen molar-refractivity contribution in [2.75, 3.05) is 14.2 Å². The molecule has 0 amide bonds. The molecular formula is C22H21NO5. The van der Waals surface area contributed by atoms with Crippen molar-refractivity contribution < 1.29 is 23.8 Å². The second-order valence-electron chi connectivity index (χ2n) is 6.28. The lowest BCUT2D eigenvalue weighted by Gasteiger charge is -2.13. The molecule has 0 fully saturated rings. The fourth-order valence-electron chi connectivity index (χ4n) is 3.09. The van der Waals surface area contributed by atoms with Crippen molar-refractivity contribution in [2.45, 2.75) is 20.1 Å². The van der Waals surface area contributed by atoms with E-state index in [2.05, 4.69) is 4.98 Å². The Balaban J connectivity index is 1.90. The normalized spacial score (nSPS) is 10.7. The van der Waals surface area contributed by atoms with Crippen molar-refractivity contribution in [1.29, 1.82) is 0 Å². The number of fused-ring (bicyclic) bond motifs is 1.